The molecule has 4 nitrogen and oxygen atoms in total. The van der Waals surface area contributed by atoms with Crippen molar-refractivity contribution in [1.82, 2.24) is 10.2 Å². The Morgan fingerprint density at radius 1 is 1.30 bits per heavy atom. The lowest BCUT2D eigenvalue weighted by Gasteiger charge is -2.31. The zero-order chi connectivity index (χ0) is 14.8. The van der Waals surface area contributed by atoms with Gasteiger partial charge in [-0.05, 0) is 38.0 Å². The Morgan fingerprint density at radius 2 is 2.00 bits per heavy atom. The number of guanidine groups is 1. The highest BCUT2D eigenvalue weighted by Crippen LogP contribution is 2.28. The van der Waals surface area contributed by atoms with Crippen LogP contribution in [0.4, 0.5) is 0 Å². The molecule has 0 heterocycles. The monoisotopic (exact) mass is 283 g/mol. The van der Waals surface area contributed by atoms with Crippen LogP contribution in [-0.2, 0) is 4.74 Å². The van der Waals surface area contributed by atoms with Crippen molar-refractivity contribution in [2.24, 2.45) is 16.8 Å². The molecule has 0 spiro atoms. The standard InChI is InChI=1S/C16H33N3O/c1-5-20-12-6-11-18-16(17-3)19(4)13-15-9-7-14(2)8-10-15/h14-15H,5-13H2,1-4H3,(H,17,18). The number of rotatable bonds is 7. The summed E-state index contributed by atoms with van der Waals surface area (Å²) in [4.78, 5) is 6.66. The first-order valence-corrected chi connectivity index (χ1v) is 8.16. The van der Waals surface area contributed by atoms with Gasteiger partial charge in [-0.3, -0.25) is 4.99 Å². The summed E-state index contributed by atoms with van der Waals surface area (Å²) < 4.78 is 5.35. The average molecular weight is 283 g/mol. The van der Waals surface area contributed by atoms with E-state index in [2.05, 4.69) is 29.2 Å². The van der Waals surface area contributed by atoms with Gasteiger partial charge in [-0.15, -0.1) is 0 Å². The van der Waals surface area contributed by atoms with Gasteiger partial charge >= 0.3 is 0 Å². The van der Waals surface area contributed by atoms with Crippen molar-refractivity contribution in [3.8, 4) is 0 Å². The molecule has 0 bridgehead atoms. The van der Waals surface area contributed by atoms with Gasteiger partial charge in [-0.1, -0.05) is 19.8 Å². The van der Waals surface area contributed by atoms with Crippen molar-refractivity contribution in [3.63, 3.8) is 0 Å². The zero-order valence-corrected chi connectivity index (χ0v) is 13.8. The fourth-order valence-corrected chi connectivity index (χ4v) is 2.89. The maximum Gasteiger partial charge on any atom is 0.193 e. The molecule has 0 radical (unpaired) electrons. The van der Waals surface area contributed by atoms with Crippen molar-refractivity contribution in [1.29, 1.82) is 0 Å². The molecular weight excluding hydrogens is 250 g/mol. The summed E-state index contributed by atoms with van der Waals surface area (Å²) in [6.07, 6.45) is 6.54. The molecule has 0 aromatic carbocycles. The lowest BCUT2D eigenvalue weighted by atomic mass is 9.83. The molecule has 1 aliphatic rings. The van der Waals surface area contributed by atoms with Crippen LogP contribution in [0.2, 0.25) is 0 Å². The first kappa shape index (κ1) is 17.3. The minimum atomic E-state index is 0.800. The van der Waals surface area contributed by atoms with Crippen molar-refractivity contribution in [2.75, 3.05) is 40.4 Å². The van der Waals surface area contributed by atoms with Crippen LogP contribution in [0.3, 0.4) is 0 Å². The van der Waals surface area contributed by atoms with Crippen molar-refractivity contribution in [3.05, 3.63) is 0 Å². The minimum absolute atomic E-state index is 0.800. The third-order valence-electron chi connectivity index (χ3n) is 4.19. The molecule has 0 unspecified atom stereocenters. The Morgan fingerprint density at radius 3 is 2.60 bits per heavy atom. The Hall–Kier alpha value is -0.770. The van der Waals surface area contributed by atoms with Gasteiger partial charge < -0.3 is 15.0 Å². The molecule has 0 aliphatic heterocycles. The predicted octanol–water partition coefficient (Wildman–Crippen LogP) is 2.75. The van der Waals surface area contributed by atoms with Gasteiger partial charge in [0.1, 0.15) is 0 Å². The van der Waals surface area contributed by atoms with E-state index in [1.54, 1.807) is 0 Å². The van der Waals surface area contributed by atoms with Crippen LogP contribution in [0.5, 0.6) is 0 Å². The Balaban J connectivity index is 2.23. The van der Waals surface area contributed by atoms with Crippen LogP contribution in [-0.4, -0.2) is 51.3 Å². The average Bonchev–Trinajstić information content (AvgIpc) is 2.45. The topological polar surface area (TPSA) is 36.9 Å². The smallest absolute Gasteiger partial charge is 0.193 e. The first-order chi connectivity index (χ1) is 9.67. The van der Waals surface area contributed by atoms with Crippen LogP contribution in [0.1, 0.15) is 46.0 Å². The maximum atomic E-state index is 5.35. The lowest BCUT2D eigenvalue weighted by molar-refractivity contribution is 0.145. The quantitative estimate of drug-likeness (QED) is 0.443. The SMILES string of the molecule is CCOCCCNC(=NC)N(C)CC1CCC(C)CC1. The summed E-state index contributed by atoms with van der Waals surface area (Å²) >= 11 is 0. The van der Waals surface area contributed by atoms with Gasteiger partial charge in [0.25, 0.3) is 0 Å². The second-order valence-corrected chi connectivity index (χ2v) is 6.03. The summed E-state index contributed by atoms with van der Waals surface area (Å²) in [6, 6.07) is 0. The molecule has 1 saturated carbocycles. The molecule has 1 rings (SSSR count). The van der Waals surface area contributed by atoms with E-state index in [1.165, 1.54) is 25.7 Å². The van der Waals surface area contributed by atoms with E-state index in [1.807, 2.05) is 14.0 Å². The molecule has 0 aromatic rings. The lowest BCUT2D eigenvalue weighted by Crippen LogP contribution is -2.42. The number of nitrogens with one attached hydrogen (secondary N) is 1. The molecule has 1 aliphatic carbocycles. The molecule has 0 atom stereocenters. The molecule has 1 fully saturated rings. The van der Waals surface area contributed by atoms with Crippen LogP contribution < -0.4 is 5.32 Å². The minimum Gasteiger partial charge on any atom is -0.382 e. The fourth-order valence-electron chi connectivity index (χ4n) is 2.89. The van der Waals surface area contributed by atoms with Crippen molar-refractivity contribution >= 4 is 5.96 Å². The highest BCUT2D eigenvalue weighted by atomic mass is 16.5. The van der Waals surface area contributed by atoms with Crippen LogP contribution in [0.15, 0.2) is 4.99 Å². The fraction of sp³-hybridized carbons (Fsp3) is 0.938. The molecule has 1 N–H and O–H groups in total. The van der Waals surface area contributed by atoms with E-state index in [0.29, 0.717) is 0 Å². The largest absolute Gasteiger partial charge is 0.382 e. The summed E-state index contributed by atoms with van der Waals surface area (Å²) in [7, 11) is 4.01. The second kappa shape index (κ2) is 10.0. The zero-order valence-electron chi connectivity index (χ0n) is 13.8. The number of nitrogens with zero attached hydrogens (tertiary/aromatic N) is 2. The van der Waals surface area contributed by atoms with Crippen LogP contribution in [0, 0.1) is 11.8 Å². The number of aliphatic imine (C=N–C) groups is 1. The number of ether oxygens (including phenoxy) is 1. The van der Waals surface area contributed by atoms with Crippen molar-refractivity contribution in [2.45, 2.75) is 46.0 Å². The van der Waals surface area contributed by atoms with E-state index < -0.39 is 0 Å². The summed E-state index contributed by atoms with van der Waals surface area (Å²) in [5.74, 6) is 2.77. The van der Waals surface area contributed by atoms with Crippen LogP contribution in [0.25, 0.3) is 0 Å². The van der Waals surface area contributed by atoms with Gasteiger partial charge in [-0.2, -0.15) is 0 Å². The maximum absolute atomic E-state index is 5.35. The molecule has 4 heteroatoms. The summed E-state index contributed by atoms with van der Waals surface area (Å²) in [5, 5.41) is 3.42. The van der Waals surface area contributed by atoms with E-state index in [0.717, 1.165) is 50.5 Å². The normalized spacial score (nSPS) is 23.7. The van der Waals surface area contributed by atoms with Gasteiger partial charge in [0.05, 0.1) is 0 Å². The van der Waals surface area contributed by atoms with E-state index in [4.69, 9.17) is 4.74 Å². The van der Waals surface area contributed by atoms with Gasteiger partial charge in [0.15, 0.2) is 5.96 Å². The third-order valence-corrected chi connectivity index (χ3v) is 4.19. The van der Waals surface area contributed by atoms with Crippen molar-refractivity contribution < 1.29 is 4.74 Å². The molecule has 118 valence electrons. The molecule has 0 amide bonds. The molecule has 0 saturated heterocycles. The molecular formula is C16H33N3O. The van der Waals surface area contributed by atoms with Gasteiger partial charge in [0.2, 0.25) is 0 Å². The Bertz CT molecular complexity index is 273. The summed E-state index contributed by atoms with van der Waals surface area (Å²) in [5.41, 5.74) is 0. The van der Waals surface area contributed by atoms with Gasteiger partial charge in [-0.25, -0.2) is 0 Å². The first-order valence-electron chi connectivity index (χ1n) is 8.16. The van der Waals surface area contributed by atoms with E-state index in [-0.39, 0.29) is 0 Å². The van der Waals surface area contributed by atoms with E-state index >= 15 is 0 Å². The Kier molecular flexibility index (Phi) is 8.67. The summed E-state index contributed by atoms with van der Waals surface area (Å²) in [6.45, 7) is 8.08. The van der Waals surface area contributed by atoms with Crippen LogP contribution >= 0.6 is 0 Å². The van der Waals surface area contributed by atoms with E-state index in [9.17, 15) is 0 Å². The number of hydrogen-bond acceptors (Lipinski definition) is 2. The predicted molar refractivity (Wildman–Crippen MR) is 86.2 cm³/mol. The highest BCUT2D eigenvalue weighted by Gasteiger charge is 2.20. The molecule has 20 heavy (non-hydrogen) atoms. The third kappa shape index (κ3) is 6.60. The molecule has 0 aromatic heterocycles. The number of hydrogen-bond donors (Lipinski definition) is 1. The second-order valence-electron chi connectivity index (χ2n) is 6.03. The highest BCUT2D eigenvalue weighted by molar-refractivity contribution is 5.79. The van der Waals surface area contributed by atoms with Gasteiger partial charge in [0, 0.05) is 40.4 Å². The Labute approximate surface area is 125 Å².